The molecule has 2 saturated heterocycles. The van der Waals surface area contributed by atoms with Gasteiger partial charge in [-0.25, -0.2) is 0 Å². The molecule has 0 saturated carbocycles. The molecule has 4 nitrogen and oxygen atoms in total. The third-order valence-electron chi connectivity index (χ3n) is 5.02. The van der Waals surface area contributed by atoms with Gasteiger partial charge in [-0.15, -0.1) is 0 Å². The summed E-state index contributed by atoms with van der Waals surface area (Å²) < 4.78 is 5.48. The van der Waals surface area contributed by atoms with Gasteiger partial charge in [0.05, 0.1) is 17.2 Å². The highest BCUT2D eigenvalue weighted by molar-refractivity contribution is 6.42. The molecule has 2 fully saturated rings. The van der Waals surface area contributed by atoms with Crippen molar-refractivity contribution in [3.8, 4) is 5.75 Å². The Morgan fingerprint density at radius 3 is 2.83 bits per heavy atom. The van der Waals surface area contributed by atoms with Crippen LogP contribution in [0.1, 0.15) is 30.7 Å². The molecule has 6 heteroatoms. The largest absolute Gasteiger partial charge is 0.496 e. The number of methoxy groups -OCH3 is 1. The van der Waals surface area contributed by atoms with Crippen LogP contribution in [0.2, 0.25) is 10.0 Å². The fourth-order valence-corrected chi connectivity index (χ4v) is 4.51. The second-order valence-electron chi connectivity index (χ2n) is 6.47. The quantitative estimate of drug-likeness (QED) is 0.899. The van der Waals surface area contributed by atoms with Gasteiger partial charge in [0, 0.05) is 30.5 Å². The number of amides is 1. The van der Waals surface area contributed by atoms with Gasteiger partial charge in [-0.3, -0.25) is 4.79 Å². The van der Waals surface area contributed by atoms with Crippen molar-refractivity contribution in [2.75, 3.05) is 27.2 Å². The average Bonchev–Trinajstić information content (AvgIpc) is 2.94. The number of nitrogens with zero attached hydrogens (tertiary/aromatic N) is 1. The first-order valence-corrected chi connectivity index (χ1v) is 8.76. The van der Waals surface area contributed by atoms with Crippen LogP contribution < -0.4 is 10.1 Å². The van der Waals surface area contributed by atoms with Gasteiger partial charge in [-0.1, -0.05) is 23.2 Å². The van der Waals surface area contributed by atoms with E-state index in [1.165, 1.54) is 0 Å². The molecule has 1 amide bonds. The molecule has 2 aliphatic rings. The molecule has 1 unspecified atom stereocenters. The standard InChI is InChI=1S/C17H22Cl2N2O2/c1-20-8-10-5-12-7-11(9-21(12)15(22)6-10)16-14(23-2)4-3-13(18)17(16)19/h3-4,10-12,20H,5-9H2,1-2H3/t10?,11-,12+/m0/s1. The minimum Gasteiger partial charge on any atom is -0.496 e. The third-order valence-corrected chi connectivity index (χ3v) is 5.84. The van der Waals surface area contributed by atoms with Gasteiger partial charge >= 0.3 is 0 Å². The summed E-state index contributed by atoms with van der Waals surface area (Å²) in [5, 5.41) is 4.27. The summed E-state index contributed by atoms with van der Waals surface area (Å²) in [6.07, 6.45) is 2.59. The van der Waals surface area contributed by atoms with E-state index in [0.29, 0.717) is 35.0 Å². The number of nitrogens with one attached hydrogen (secondary N) is 1. The maximum Gasteiger partial charge on any atom is 0.223 e. The number of ether oxygens (including phenoxy) is 1. The summed E-state index contributed by atoms with van der Waals surface area (Å²) in [5.41, 5.74) is 0.939. The molecule has 1 aromatic rings. The fourth-order valence-electron chi connectivity index (χ4n) is 4.04. The highest BCUT2D eigenvalue weighted by atomic mass is 35.5. The molecule has 1 N–H and O–H groups in total. The second-order valence-corrected chi connectivity index (χ2v) is 7.26. The van der Waals surface area contributed by atoms with E-state index in [0.717, 1.165) is 30.7 Å². The van der Waals surface area contributed by atoms with Crippen LogP contribution in [0.4, 0.5) is 0 Å². The van der Waals surface area contributed by atoms with Gasteiger partial charge in [-0.05, 0) is 44.5 Å². The summed E-state index contributed by atoms with van der Waals surface area (Å²) >= 11 is 12.6. The van der Waals surface area contributed by atoms with E-state index in [-0.39, 0.29) is 11.8 Å². The van der Waals surface area contributed by atoms with E-state index >= 15 is 0 Å². The van der Waals surface area contributed by atoms with Gasteiger partial charge in [-0.2, -0.15) is 0 Å². The Balaban J connectivity index is 1.85. The Kier molecular flexibility index (Phi) is 5.04. The van der Waals surface area contributed by atoms with Crippen molar-refractivity contribution in [1.29, 1.82) is 0 Å². The van der Waals surface area contributed by atoms with E-state index in [9.17, 15) is 4.79 Å². The van der Waals surface area contributed by atoms with Crippen LogP contribution in [0.15, 0.2) is 12.1 Å². The molecular formula is C17H22Cl2N2O2. The van der Waals surface area contributed by atoms with E-state index in [4.69, 9.17) is 27.9 Å². The van der Waals surface area contributed by atoms with E-state index < -0.39 is 0 Å². The van der Waals surface area contributed by atoms with Gasteiger partial charge in [0.2, 0.25) is 5.91 Å². The Morgan fingerprint density at radius 2 is 2.13 bits per heavy atom. The molecule has 0 aliphatic carbocycles. The lowest BCUT2D eigenvalue weighted by atomic mass is 9.88. The Morgan fingerprint density at radius 1 is 1.35 bits per heavy atom. The molecule has 2 aliphatic heterocycles. The number of carbonyl (C=O) groups excluding carboxylic acids is 1. The molecule has 2 heterocycles. The number of hydrogen-bond donors (Lipinski definition) is 1. The molecule has 0 bridgehead atoms. The number of fused-ring (bicyclic) bond motifs is 1. The monoisotopic (exact) mass is 356 g/mol. The van der Waals surface area contributed by atoms with Crippen molar-refractivity contribution < 1.29 is 9.53 Å². The van der Waals surface area contributed by atoms with Gasteiger partial charge in [0.15, 0.2) is 0 Å². The van der Waals surface area contributed by atoms with Gasteiger partial charge in [0.1, 0.15) is 5.75 Å². The van der Waals surface area contributed by atoms with Crippen molar-refractivity contribution in [1.82, 2.24) is 10.2 Å². The third kappa shape index (κ3) is 3.17. The topological polar surface area (TPSA) is 41.6 Å². The van der Waals surface area contributed by atoms with Crippen molar-refractivity contribution in [3.05, 3.63) is 27.7 Å². The molecule has 0 aromatic heterocycles. The minimum atomic E-state index is 0.179. The summed E-state index contributed by atoms with van der Waals surface area (Å²) in [5.74, 6) is 1.60. The molecule has 3 atom stereocenters. The molecule has 3 rings (SSSR count). The van der Waals surface area contributed by atoms with Crippen molar-refractivity contribution in [3.63, 3.8) is 0 Å². The molecular weight excluding hydrogens is 335 g/mol. The van der Waals surface area contributed by atoms with Crippen molar-refractivity contribution >= 4 is 29.1 Å². The predicted molar refractivity (Wildman–Crippen MR) is 92.5 cm³/mol. The fraction of sp³-hybridized carbons (Fsp3) is 0.588. The first-order valence-electron chi connectivity index (χ1n) is 8.01. The van der Waals surface area contributed by atoms with Crippen LogP contribution in [0.5, 0.6) is 5.75 Å². The highest BCUT2D eigenvalue weighted by Crippen LogP contribution is 2.45. The van der Waals surface area contributed by atoms with Crippen LogP contribution in [-0.4, -0.2) is 44.1 Å². The Hall–Kier alpha value is -0.970. The first-order chi connectivity index (χ1) is 11.0. The number of hydrogen-bond acceptors (Lipinski definition) is 3. The van der Waals surface area contributed by atoms with E-state index in [1.54, 1.807) is 13.2 Å². The van der Waals surface area contributed by atoms with Crippen LogP contribution in [0, 0.1) is 5.92 Å². The van der Waals surface area contributed by atoms with E-state index in [2.05, 4.69) is 5.32 Å². The van der Waals surface area contributed by atoms with Gasteiger partial charge < -0.3 is 15.0 Å². The molecule has 0 radical (unpaired) electrons. The molecule has 23 heavy (non-hydrogen) atoms. The van der Waals surface area contributed by atoms with Crippen LogP contribution in [0.3, 0.4) is 0 Å². The first kappa shape index (κ1) is 16.9. The lowest BCUT2D eigenvalue weighted by Crippen LogP contribution is -2.44. The normalized spacial score (nSPS) is 27.2. The maximum atomic E-state index is 12.5. The summed E-state index contributed by atoms with van der Waals surface area (Å²) in [7, 11) is 3.57. The molecule has 126 valence electrons. The zero-order valence-corrected chi connectivity index (χ0v) is 15.0. The summed E-state index contributed by atoms with van der Waals surface area (Å²) in [6, 6.07) is 3.90. The van der Waals surface area contributed by atoms with Crippen molar-refractivity contribution in [2.45, 2.75) is 31.2 Å². The number of rotatable bonds is 4. The lowest BCUT2D eigenvalue weighted by Gasteiger charge is -2.34. The molecule has 1 aromatic carbocycles. The predicted octanol–water partition coefficient (Wildman–Crippen LogP) is 3.32. The molecule has 0 spiro atoms. The number of benzene rings is 1. The van der Waals surface area contributed by atoms with Crippen LogP contribution in [-0.2, 0) is 4.79 Å². The number of carbonyl (C=O) groups is 1. The van der Waals surface area contributed by atoms with Crippen molar-refractivity contribution in [2.24, 2.45) is 5.92 Å². The summed E-state index contributed by atoms with van der Waals surface area (Å²) in [4.78, 5) is 14.5. The zero-order chi connectivity index (χ0) is 16.6. The number of halogens is 2. The Bertz CT molecular complexity index is 609. The minimum absolute atomic E-state index is 0.179. The SMILES string of the molecule is CNCC1CC(=O)N2C[C@@H](c3c(OC)ccc(Cl)c3Cl)C[C@H]2C1. The smallest absolute Gasteiger partial charge is 0.223 e. The summed E-state index contributed by atoms with van der Waals surface area (Å²) in [6.45, 7) is 1.59. The zero-order valence-electron chi connectivity index (χ0n) is 13.4. The Labute approximate surface area is 147 Å². The lowest BCUT2D eigenvalue weighted by molar-refractivity contribution is -0.136. The van der Waals surface area contributed by atoms with Crippen LogP contribution in [0.25, 0.3) is 0 Å². The second kappa shape index (κ2) is 6.88. The van der Waals surface area contributed by atoms with Gasteiger partial charge in [0.25, 0.3) is 0 Å². The van der Waals surface area contributed by atoms with E-state index in [1.807, 2.05) is 18.0 Å². The maximum absolute atomic E-state index is 12.5. The number of piperidine rings is 1. The van der Waals surface area contributed by atoms with Crippen LogP contribution >= 0.6 is 23.2 Å². The average molecular weight is 357 g/mol. The highest BCUT2D eigenvalue weighted by Gasteiger charge is 2.42.